The Labute approximate surface area is 117 Å². The Bertz CT molecular complexity index is 479. The second-order valence-corrected chi connectivity index (χ2v) is 5.22. The molecule has 2 rings (SSSR count). The quantitative estimate of drug-likeness (QED) is 0.846. The summed E-state index contributed by atoms with van der Waals surface area (Å²) in [6.07, 6.45) is 1.79. The van der Waals surface area contributed by atoms with E-state index in [2.05, 4.69) is 0 Å². The van der Waals surface area contributed by atoms with Gasteiger partial charge in [-0.05, 0) is 31.9 Å². The van der Waals surface area contributed by atoms with E-state index < -0.39 is 11.6 Å². The summed E-state index contributed by atoms with van der Waals surface area (Å²) in [5, 5.41) is 0. The third-order valence-electron chi connectivity index (χ3n) is 3.68. The summed E-state index contributed by atoms with van der Waals surface area (Å²) in [5.41, 5.74) is 0.753. The number of carbonyl (C=O) groups excluding carboxylic acids is 1. The third kappa shape index (κ3) is 3.76. The maximum atomic E-state index is 13.2. The molecule has 0 bridgehead atoms. The summed E-state index contributed by atoms with van der Waals surface area (Å²) in [6, 6.07) is 3.98. The first-order valence-electron chi connectivity index (χ1n) is 7.04. The van der Waals surface area contributed by atoms with Crippen LogP contribution in [0.4, 0.5) is 8.78 Å². The molecule has 0 aromatic heterocycles. The van der Waals surface area contributed by atoms with Crippen LogP contribution in [0.3, 0.4) is 0 Å². The average Bonchev–Trinajstić information content (AvgIpc) is 2.43. The highest BCUT2D eigenvalue weighted by Gasteiger charge is 2.29. The molecule has 1 N–H and O–H groups in total. The van der Waals surface area contributed by atoms with Crippen LogP contribution < -0.4 is 4.90 Å². The molecule has 0 aliphatic carbocycles. The molecule has 0 saturated carbocycles. The van der Waals surface area contributed by atoms with Crippen LogP contribution in [-0.4, -0.2) is 25.7 Å². The van der Waals surface area contributed by atoms with Gasteiger partial charge in [-0.25, -0.2) is 8.78 Å². The molecule has 1 fully saturated rings. The van der Waals surface area contributed by atoms with E-state index in [1.54, 1.807) is 13.0 Å². The van der Waals surface area contributed by atoms with Crippen LogP contribution in [0.2, 0.25) is 0 Å². The Morgan fingerprint density at radius 2 is 2.20 bits per heavy atom. The zero-order valence-electron chi connectivity index (χ0n) is 11.6. The van der Waals surface area contributed by atoms with Gasteiger partial charge in [0.25, 0.3) is 0 Å². The lowest BCUT2D eigenvalue weighted by molar-refractivity contribution is -0.921. The Balaban J connectivity index is 1.95. The average molecular weight is 284 g/mol. The van der Waals surface area contributed by atoms with Crippen LogP contribution >= 0.6 is 0 Å². The molecule has 1 aromatic rings. The Morgan fingerprint density at radius 1 is 1.40 bits per heavy atom. The number of piperidine rings is 1. The van der Waals surface area contributed by atoms with Crippen molar-refractivity contribution in [1.82, 2.24) is 0 Å². The summed E-state index contributed by atoms with van der Waals surface area (Å²) in [5.74, 6) is -1.87. The number of ether oxygens (including phenoxy) is 1. The number of nitrogens with one attached hydrogen (secondary N) is 1. The Kier molecular flexibility index (Phi) is 5.06. The van der Waals surface area contributed by atoms with Gasteiger partial charge < -0.3 is 9.64 Å². The van der Waals surface area contributed by atoms with Gasteiger partial charge in [-0.2, -0.15) is 0 Å². The normalized spacial score (nSPS) is 22.6. The number of esters is 1. The topological polar surface area (TPSA) is 30.7 Å². The lowest BCUT2D eigenvalue weighted by atomic mass is 9.97. The summed E-state index contributed by atoms with van der Waals surface area (Å²) < 4.78 is 31.1. The van der Waals surface area contributed by atoms with E-state index in [1.165, 1.54) is 11.0 Å². The first-order chi connectivity index (χ1) is 9.60. The highest BCUT2D eigenvalue weighted by atomic mass is 19.2. The summed E-state index contributed by atoms with van der Waals surface area (Å²) in [6.45, 7) is 4.43. The number of hydrogen-bond donors (Lipinski definition) is 1. The number of carbonyl (C=O) groups is 1. The number of quaternary nitrogens is 1. The van der Waals surface area contributed by atoms with E-state index in [0.29, 0.717) is 19.7 Å². The molecule has 2 atom stereocenters. The van der Waals surface area contributed by atoms with E-state index in [0.717, 1.165) is 31.0 Å². The molecule has 0 spiro atoms. The van der Waals surface area contributed by atoms with Crippen molar-refractivity contribution >= 4 is 5.97 Å². The van der Waals surface area contributed by atoms with Crippen molar-refractivity contribution in [2.45, 2.75) is 26.3 Å². The van der Waals surface area contributed by atoms with Crippen LogP contribution in [-0.2, 0) is 16.1 Å². The zero-order valence-corrected chi connectivity index (χ0v) is 11.6. The van der Waals surface area contributed by atoms with Crippen LogP contribution in [0.5, 0.6) is 0 Å². The van der Waals surface area contributed by atoms with Gasteiger partial charge in [0.15, 0.2) is 11.6 Å². The summed E-state index contributed by atoms with van der Waals surface area (Å²) >= 11 is 0. The van der Waals surface area contributed by atoms with Gasteiger partial charge in [-0.15, -0.1) is 0 Å². The van der Waals surface area contributed by atoms with Gasteiger partial charge >= 0.3 is 5.97 Å². The minimum atomic E-state index is -0.827. The van der Waals surface area contributed by atoms with E-state index >= 15 is 0 Å². The van der Waals surface area contributed by atoms with Gasteiger partial charge in [0.2, 0.25) is 0 Å². The molecule has 110 valence electrons. The van der Waals surface area contributed by atoms with E-state index in [9.17, 15) is 13.6 Å². The van der Waals surface area contributed by atoms with Crippen molar-refractivity contribution < 1.29 is 23.2 Å². The smallest absolute Gasteiger partial charge is 0.314 e. The minimum absolute atomic E-state index is 0.0796. The van der Waals surface area contributed by atoms with Gasteiger partial charge in [0, 0.05) is 5.56 Å². The van der Waals surface area contributed by atoms with Crippen LogP contribution in [0.15, 0.2) is 18.2 Å². The Morgan fingerprint density at radius 3 is 2.90 bits per heavy atom. The fraction of sp³-hybridized carbons (Fsp3) is 0.533. The number of benzene rings is 1. The van der Waals surface area contributed by atoms with Gasteiger partial charge in [-0.3, -0.25) is 4.79 Å². The molecular formula is C15H20F2NO2+. The van der Waals surface area contributed by atoms with Crippen LogP contribution in [0, 0.1) is 17.6 Å². The number of hydrogen-bond acceptors (Lipinski definition) is 2. The number of likely N-dealkylation sites (tertiary alicyclic amines) is 1. The molecule has 5 heteroatoms. The SMILES string of the molecule is CCOC(=O)[C@H]1CCC[NH+](Cc2ccc(F)c(F)c2)C1. The molecule has 1 aliphatic heterocycles. The Hall–Kier alpha value is -1.49. The van der Waals surface area contributed by atoms with Crippen molar-refractivity contribution in [3.63, 3.8) is 0 Å². The van der Waals surface area contributed by atoms with Gasteiger partial charge in [0.05, 0.1) is 19.7 Å². The second-order valence-electron chi connectivity index (χ2n) is 5.22. The minimum Gasteiger partial charge on any atom is -0.466 e. The van der Waals surface area contributed by atoms with Crippen molar-refractivity contribution in [2.75, 3.05) is 19.7 Å². The van der Waals surface area contributed by atoms with E-state index in [4.69, 9.17) is 4.74 Å². The second kappa shape index (κ2) is 6.79. The first-order valence-corrected chi connectivity index (χ1v) is 7.04. The predicted octanol–water partition coefficient (Wildman–Crippen LogP) is 1.32. The zero-order chi connectivity index (χ0) is 14.5. The van der Waals surface area contributed by atoms with Gasteiger partial charge in [0.1, 0.15) is 12.5 Å². The van der Waals surface area contributed by atoms with Crippen molar-refractivity contribution in [2.24, 2.45) is 5.92 Å². The maximum Gasteiger partial charge on any atom is 0.314 e. The highest BCUT2D eigenvalue weighted by Crippen LogP contribution is 2.11. The molecule has 1 heterocycles. The third-order valence-corrected chi connectivity index (χ3v) is 3.68. The lowest BCUT2D eigenvalue weighted by Gasteiger charge is -2.28. The molecular weight excluding hydrogens is 264 g/mol. The molecule has 0 radical (unpaired) electrons. The standard InChI is InChI=1S/C15H19F2NO2/c1-2-20-15(19)12-4-3-7-18(10-12)9-11-5-6-13(16)14(17)8-11/h5-6,8,12H,2-4,7,9-10H2,1H3/p+1/t12-/m0/s1. The molecule has 20 heavy (non-hydrogen) atoms. The summed E-state index contributed by atoms with van der Waals surface area (Å²) in [4.78, 5) is 13.0. The largest absolute Gasteiger partial charge is 0.466 e. The maximum absolute atomic E-state index is 13.2. The lowest BCUT2D eigenvalue weighted by Crippen LogP contribution is -3.12. The molecule has 1 aliphatic rings. The fourth-order valence-corrected chi connectivity index (χ4v) is 2.71. The number of rotatable bonds is 4. The molecule has 3 nitrogen and oxygen atoms in total. The fourth-order valence-electron chi connectivity index (χ4n) is 2.71. The van der Waals surface area contributed by atoms with Crippen molar-refractivity contribution in [3.8, 4) is 0 Å². The monoisotopic (exact) mass is 284 g/mol. The van der Waals surface area contributed by atoms with Crippen LogP contribution in [0.1, 0.15) is 25.3 Å². The summed E-state index contributed by atoms with van der Waals surface area (Å²) in [7, 11) is 0. The van der Waals surface area contributed by atoms with Crippen molar-refractivity contribution in [3.05, 3.63) is 35.4 Å². The first kappa shape index (κ1) is 14.9. The van der Waals surface area contributed by atoms with Gasteiger partial charge in [-0.1, -0.05) is 6.07 Å². The van der Waals surface area contributed by atoms with Crippen molar-refractivity contribution in [1.29, 1.82) is 0 Å². The van der Waals surface area contributed by atoms with E-state index in [1.807, 2.05) is 0 Å². The van der Waals surface area contributed by atoms with Crippen LogP contribution in [0.25, 0.3) is 0 Å². The molecule has 0 amide bonds. The number of halogens is 2. The molecule has 1 unspecified atom stereocenters. The highest BCUT2D eigenvalue weighted by molar-refractivity contribution is 5.72. The van der Waals surface area contributed by atoms with E-state index in [-0.39, 0.29) is 11.9 Å². The predicted molar refractivity (Wildman–Crippen MR) is 70.1 cm³/mol. The molecule has 1 aromatic carbocycles. The molecule has 1 saturated heterocycles.